The maximum atomic E-state index is 10.6. The molecule has 0 aromatic carbocycles. The molecule has 0 spiro atoms. The van der Waals surface area contributed by atoms with Crippen molar-refractivity contribution in [2.75, 3.05) is 0 Å². The minimum atomic E-state index is -0.0278. The van der Waals surface area contributed by atoms with Gasteiger partial charge in [0.05, 0.1) is 23.9 Å². The van der Waals surface area contributed by atoms with Gasteiger partial charge in [0.1, 0.15) is 0 Å². The second-order valence-corrected chi connectivity index (χ2v) is 2.74. The van der Waals surface area contributed by atoms with Gasteiger partial charge in [-0.3, -0.25) is 4.79 Å². The molecule has 0 unspecified atom stereocenters. The summed E-state index contributed by atoms with van der Waals surface area (Å²) in [4.78, 5) is 10.6. The SMILES string of the molecule is O=Cc1cnn2ccc(CO)cc12. The predicted octanol–water partition coefficient (Wildman–Crippen LogP) is 0.639. The largest absolute Gasteiger partial charge is 0.392 e. The van der Waals surface area contributed by atoms with Gasteiger partial charge in [0.15, 0.2) is 6.29 Å². The zero-order chi connectivity index (χ0) is 9.26. The average Bonchev–Trinajstić information content (AvgIpc) is 2.59. The van der Waals surface area contributed by atoms with Crippen molar-refractivity contribution in [3.05, 3.63) is 35.7 Å². The number of aromatic nitrogens is 2. The third-order valence-corrected chi connectivity index (χ3v) is 1.93. The lowest BCUT2D eigenvalue weighted by molar-refractivity contribution is 0.112. The molecule has 13 heavy (non-hydrogen) atoms. The molecule has 0 amide bonds. The number of aliphatic hydroxyl groups is 1. The van der Waals surface area contributed by atoms with Crippen molar-refractivity contribution < 1.29 is 9.90 Å². The van der Waals surface area contributed by atoms with Gasteiger partial charge < -0.3 is 5.11 Å². The summed E-state index contributed by atoms with van der Waals surface area (Å²) in [7, 11) is 0. The number of aldehydes is 1. The van der Waals surface area contributed by atoms with E-state index in [1.54, 1.807) is 22.8 Å². The van der Waals surface area contributed by atoms with Crippen LogP contribution in [0.4, 0.5) is 0 Å². The summed E-state index contributed by atoms with van der Waals surface area (Å²) in [5.41, 5.74) is 2.04. The van der Waals surface area contributed by atoms with Crippen LogP contribution in [0.25, 0.3) is 5.52 Å². The topological polar surface area (TPSA) is 54.6 Å². The zero-order valence-electron chi connectivity index (χ0n) is 6.84. The van der Waals surface area contributed by atoms with Crippen LogP contribution in [-0.4, -0.2) is 21.0 Å². The van der Waals surface area contributed by atoms with Gasteiger partial charge in [-0.15, -0.1) is 0 Å². The van der Waals surface area contributed by atoms with Crippen LogP contribution >= 0.6 is 0 Å². The highest BCUT2D eigenvalue weighted by atomic mass is 16.3. The molecule has 0 saturated heterocycles. The Kier molecular flexibility index (Phi) is 1.83. The fourth-order valence-electron chi connectivity index (χ4n) is 1.23. The van der Waals surface area contributed by atoms with Gasteiger partial charge in [-0.05, 0) is 17.7 Å². The smallest absolute Gasteiger partial charge is 0.153 e. The van der Waals surface area contributed by atoms with Crippen LogP contribution in [0.3, 0.4) is 0 Å². The molecule has 0 atom stereocenters. The molecule has 1 N–H and O–H groups in total. The van der Waals surface area contributed by atoms with Crippen molar-refractivity contribution in [2.24, 2.45) is 0 Å². The van der Waals surface area contributed by atoms with E-state index in [0.717, 1.165) is 17.4 Å². The number of rotatable bonds is 2. The van der Waals surface area contributed by atoms with E-state index in [1.807, 2.05) is 0 Å². The molecular weight excluding hydrogens is 168 g/mol. The predicted molar refractivity (Wildman–Crippen MR) is 46.5 cm³/mol. The van der Waals surface area contributed by atoms with Crippen molar-refractivity contribution in [1.29, 1.82) is 0 Å². The minimum Gasteiger partial charge on any atom is -0.392 e. The Balaban J connectivity index is 2.71. The van der Waals surface area contributed by atoms with E-state index in [0.29, 0.717) is 5.56 Å². The highest BCUT2D eigenvalue weighted by molar-refractivity contribution is 5.85. The first-order chi connectivity index (χ1) is 6.35. The highest BCUT2D eigenvalue weighted by Crippen LogP contribution is 2.10. The third kappa shape index (κ3) is 1.21. The maximum Gasteiger partial charge on any atom is 0.153 e. The van der Waals surface area contributed by atoms with Gasteiger partial charge in [-0.25, -0.2) is 4.52 Å². The van der Waals surface area contributed by atoms with E-state index in [-0.39, 0.29) is 6.61 Å². The Hall–Kier alpha value is -1.68. The molecule has 4 nitrogen and oxygen atoms in total. The molecule has 0 aliphatic carbocycles. The number of nitrogens with zero attached hydrogens (tertiary/aromatic N) is 2. The molecule has 0 bridgehead atoms. The fraction of sp³-hybridized carbons (Fsp3) is 0.111. The first-order valence-electron chi connectivity index (χ1n) is 3.87. The second kappa shape index (κ2) is 2.99. The molecule has 0 saturated carbocycles. The van der Waals surface area contributed by atoms with Gasteiger partial charge in [-0.1, -0.05) is 0 Å². The fourth-order valence-corrected chi connectivity index (χ4v) is 1.23. The number of fused-ring (bicyclic) bond motifs is 1. The molecule has 2 aromatic heterocycles. The second-order valence-electron chi connectivity index (χ2n) is 2.74. The summed E-state index contributed by atoms with van der Waals surface area (Å²) in [6.45, 7) is -0.0278. The summed E-state index contributed by atoms with van der Waals surface area (Å²) in [6.07, 6.45) is 3.97. The summed E-state index contributed by atoms with van der Waals surface area (Å²) < 4.78 is 1.60. The van der Waals surface area contributed by atoms with E-state index < -0.39 is 0 Å². The third-order valence-electron chi connectivity index (χ3n) is 1.93. The van der Waals surface area contributed by atoms with E-state index in [9.17, 15) is 4.79 Å². The Morgan fingerprint density at radius 2 is 2.46 bits per heavy atom. The number of pyridine rings is 1. The van der Waals surface area contributed by atoms with Gasteiger partial charge in [0.25, 0.3) is 0 Å². The minimum absolute atomic E-state index is 0.0278. The summed E-state index contributed by atoms with van der Waals surface area (Å²) in [6, 6.07) is 3.51. The van der Waals surface area contributed by atoms with E-state index in [2.05, 4.69) is 5.10 Å². The number of carbonyl (C=O) groups excluding carboxylic acids is 1. The average molecular weight is 176 g/mol. The zero-order valence-corrected chi connectivity index (χ0v) is 6.84. The molecular formula is C9H8N2O2. The van der Waals surface area contributed by atoms with Gasteiger partial charge in [0.2, 0.25) is 0 Å². The summed E-state index contributed by atoms with van der Waals surface area (Å²) >= 11 is 0. The van der Waals surface area contributed by atoms with Crippen molar-refractivity contribution >= 4 is 11.8 Å². The Morgan fingerprint density at radius 3 is 3.15 bits per heavy atom. The van der Waals surface area contributed by atoms with Gasteiger partial charge in [-0.2, -0.15) is 5.10 Å². The van der Waals surface area contributed by atoms with Crippen LogP contribution in [0.15, 0.2) is 24.5 Å². The normalized spacial score (nSPS) is 10.5. The molecule has 0 radical (unpaired) electrons. The van der Waals surface area contributed by atoms with Crippen molar-refractivity contribution in [3.8, 4) is 0 Å². The Bertz CT molecular complexity index is 448. The Labute approximate surface area is 74.4 Å². The van der Waals surface area contributed by atoms with E-state index >= 15 is 0 Å². The number of aliphatic hydroxyl groups excluding tert-OH is 1. The lowest BCUT2D eigenvalue weighted by Gasteiger charge is -1.97. The van der Waals surface area contributed by atoms with E-state index in [1.165, 1.54) is 6.20 Å². The van der Waals surface area contributed by atoms with Crippen molar-refractivity contribution in [3.63, 3.8) is 0 Å². The molecule has 2 aromatic rings. The molecule has 4 heteroatoms. The quantitative estimate of drug-likeness (QED) is 0.683. The van der Waals surface area contributed by atoms with Crippen molar-refractivity contribution in [1.82, 2.24) is 9.61 Å². The van der Waals surface area contributed by atoms with Crippen LogP contribution in [0, 0.1) is 0 Å². The molecule has 2 rings (SSSR count). The molecule has 66 valence electrons. The van der Waals surface area contributed by atoms with Gasteiger partial charge >= 0.3 is 0 Å². The molecule has 0 aliphatic rings. The first-order valence-corrected chi connectivity index (χ1v) is 3.87. The van der Waals surface area contributed by atoms with Crippen LogP contribution < -0.4 is 0 Å². The summed E-state index contributed by atoms with van der Waals surface area (Å²) in [5, 5.41) is 12.8. The van der Waals surface area contributed by atoms with Crippen LogP contribution in [0.5, 0.6) is 0 Å². The first kappa shape index (κ1) is 7.94. The van der Waals surface area contributed by atoms with Crippen LogP contribution in [0.1, 0.15) is 15.9 Å². The summed E-state index contributed by atoms with van der Waals surface area (Å²) in [5.74, 6) is 0. The van der Waals surface area contributed by atoms with Crippen LogP contribution in [0.2, 0.25) is 0 Å². The number of hydrogen-bond donors (Lipinski definition) is 1. The monoisotopic (exact) mass is 176 g/mol. The lowest BCUT2D eigenvalue weighted by Crippen LogP contribution is -1.90. The molecule has 0 aliphatic heterocycles. The maximum absolute atomic E-state index is 10.6. The van der Waals surface area contributed by atoms with Crippen molar-refractivity contribution in [2.45, 2.75) is 6.61 Å². The van der Waals surface area contributed by atoms with Gasteiger partial charge in [0, 0.05) is 6.20 Å². The molecule has 2 heterocycles. The number of carbonyl (C=O) groups is 1. The number of hydrogen-bond acceptors (Lipinski definition) is 3. The Morgan fingerprint density at radius 1 is 1.62 bits per heavy atom. The van der Waals surface area contributed by atoms with E-state index in [4.69, 9.17) is 5.11 Å². The van der Waals surface area contributed by atoms with Crippen LogP contribution in [-0.2, 0) is 6.61 Å². The highest BCUT2D eigenvalue weighted by Gasteiger charge is 2.02. The standard InChI is InChI=1S/C9H8N2O2/c12-5-7-1-2-11-9(3-7)8(6-13)4-10-11/h1-4,6,12H,5H2. The lowest BCUT2D eigenvalue weighted by atomic mass is 10.2. The molecule has 0 fully saturated rings.